The first-order valence-electron chi connectivity index (χ1n) is 5.66. The Morgan fingerprint density at radius 2 is 1.35 bits per heavy atom. The van der Waals surface area contributed by atoms with Gasteiger partial charge in [0.05, 0.1) is 12.0 Å². The van der Waals surface area contributed by atoms with E-state index in [-0.39, 0.29) is 0 Å². The molecule has 0 aliphatic heterocycles. The second-order valence-electron chi connectivity index (χ2n) is 4.10. The summed E-state index contributed by atoms with van der Waals surface area (Å²) in [6, 6.07) is 16.3. The van der Waals surface area contributed by atoms with Gasteiger partial charge in [0.15, 0.2) is 0 Å². The van der Waals surface area contributed by atoms with Gasteiger partial charge in [0, 0.05) is 5.69 Å². The highest BCUT2D eigenvalue weighted by Crippen LogP contribution is 2.12. The van der Waals surface area contributed by atoms with E-state index in [2.05, 4.69) is 48.4 Å². The molecule has 0 radical (unpaired) electrons. The third kappa shape index (κ3) is 3.45. The first kappa shape index (κ1) is 11.4. The summed E-state index contributed by atoms with van der Waals surface area (Å²) in [4.78, 5) is 4.33. The topological polar surface area (TPSA) is 24.4 Å². The maximum atomic E-state index is 4.33. The molecule has 0 amide bonds. The molecule has 0 fully saturated rings. The van der Waals surface area contributed by atoms with Crippen LogP contribution in [0.1, 0.15) is 11.1 Å². The monoisotopic (exact) mass is 224 g/mol. The number of aliphatic imine (C=N–C) groups is 1. The second-order valence-corrected chi connectivity index (χ2v) is 4.10. The molecule has 0 saturated heterocycles. The third-order valence-corrected chi connectivity index (χ3v) is 2.53. The van der Waals surface area contributed by atoms with E-state index >= 15 is 0 Å². The lowest BCUT2D eigenvalue weighted by Crippen LogP contribution is -1.93. The fourth-order valence-electron chi connectivity index (χ4n) is 1.46. The van der Waals surface area contributed by atoms with Gasteiger partial charge < -0.3 is 5.32 Å². The molecule has 0 bridgehead atoms. The molecule has 0 aliphatic rings. The molecule has 0 aromatic heterocycles. The van der Waals surface area contributed by atoms with Crippen LogP contribution in [0.5, 0.6) is 0 Å². The molecule has 1 N–H and O–H groups in total. The molecule has 2 heteroatoms. The minimum atomic E-state index is 0.954. The van der Waals surface area contributed by atoms with Gasteiger partial charge in [-0.3, -0.25) is 0 Å². The molecular formula is C15H16N2. The van der Waals surface area contributed by atoms with Gasteiger partial charge in [0.25, 0.3) is 0 Å². The molecule has 0 heterocycles. The van der Waals surface area contributed by atoms with Crippen LogP contribution in [0.3, 0.4) is 0 Å². The number of aryl methyl sites for hydroxylation is 2. The van der Waals surface area contributed by atoms with E-state index < -0.39 is 0 Å². The Labute approximate surface area is 102 Å². The SMILES string of the molecule is Cc1ccc(/N=C/Nc2ccc(C)cc2)cc1. The molecule has 0 aliphatic carbocycles. The maximum absolute atomic E-state index is 4.33. The van der Waals surface area contributed by atoms with Crippen LogP contribution in [0.4, 0.5) is 11.4 Å². The Bertz CT molecular complexity index is 495. The van der Waals surface area contributed by atoms with Crippen molar-refractivity contribution in [1.82, 2.24) is 0 Å². The highest BCUT2D eigenvalue weighted by atomic mass is 14.9. The molecule has 2 nitrogen and oxygen atoms in total. The number of benzene rings is 2. The number of hydrogen-bond acceptors (Lipinski definition) is 1. The van der Waals surface area contributed by atoms with Gasteiger partial charge in [-0.1, -0.05) is 35.4 Å². The summed E-state index contributed by atoms with van der Waals surface area (Å²) < 4.78 is 0. The van der Waals surface area contributed by atoms with E-state index in [0.717, 1.165) is 11.4 Å². The molecule has 86 valence electrons. The average Bonchev–Trinajstić information content (AvgIpc) is 2.34. The quantitative estimate of drug-likeness (QED) is 0.616. The molecule has 0 spiro atoms. The molecule has 2 aromatic carbocycles. The molecule has 0 unspecified atom stereocenters. The zero-order chi connectivity index (χ0) is 12.1. The first-order chi connectivity index (χ1) is 8.24. The predicted molar refractivity (Wildman–Crippen MR) is 74.1 cm³/mol. The minimum Gasteiger partial charge on any atom is -0.346 e. The molecule has 17 heavy (non-hydrogen) atoms. The Balaban J connectivity index is 1.97. The third-order valence-electron chi connectivity index (χ3n) is 2.53. The summed E-state index contributed by atoms with van der Waals surface area (Å²) >= 11 is 0. The summed E-state index contributed by atoms with van der Waals surface area (Å²) in [5, 5.41) is 3.14. The van der Waals surface area contributed by atoms with Crippen LogP contribution >= 0.6 is 0 Å². The van der Waals surface area contributed by atoms with E-state index in [1.54, 1.807) is 6.34 Å². The van der Waals surface area contributed by atoms with Crippen LogP contribution in [0.15, 0.2) is 53.5 Å². The number of nitrogens with zero attached hydrogens (tertiary/aromatic N) is 1. The number of hydrogen-bond donors (Lipinski definition) is 1. The molecule has 2 rings (SSSR count). The van der Waals surface area contributed by atoms with Gasteiger partial charge in [-0.2, -0.15) is 0 Å². The number of rotatable bonds is 3. The van der Waals surface area contributed by atoms with Gasteiger partial charge in [-0.15, -0.1) is 0 Å². The van der Waals surface area contributed by atoms with E-state index in [9.17, 15) is 0 Å². The van der Waals surface area contributed by atoms with Crippen molar-refractivity contribution in [3.05, 3.63) is 59.7 Å². The summed E-state index contributed by atoms with van der Waals surface area (Å²) in [5.74, 6) is 0. The van der Waals surface area contributed by atoms with E-state index in [1.807, 2.05) is 24.3 Å². The second kappa shape index (κ2) is 5.30. The summed E-state index contributed by atoms with van der Waals surface area (Å²) in [6.07, 6.45) is 1.72. The van der Waals surface area contributed by atoms with Crippen molar-refractivity contribution in [2.45, 2.75) is 13.8 Å². The lowest BCUT2D eigenvalue weighted by molar-refractivity contribution is 1.43. The Hall–Kier alpha value is -2.09. The van der Waals surface area contributed by atoms with Crippen molar-refractivity contribution in [1.29, 1.82) is 0 Å². The van der Waals surface area contributed by atoms with Crippen LogP contribution in [0, 0.1) is 13.8 Å². The smallest absolute Gasteiger partial charge is 0.0930 e. The van der Waals surface area contributed by atoms with Crippen molar-refractivity contribution in [2.24, 2.45) is 4.99 Å². The number of anilines is 1. The van der Waals surface area contributed by atoms with Crippen molar-refractivity contribution in [2.75, 3.05) is 5.32 Å². The lowest BCUT2D eigenvalue weighted by atomic mass is 10.2. The fraction of sp³-hybridized carbons (Fsp3) is 0.133. The predicted octanol–water partition coefficient (Wildman–Crippen LogP) is 4.08. The highest BCUT2D eigenvalue weighted by Gasteiger charge is 1.89. The average molecular weight is 224 g/mol. The van der Waals surface area contributed by atoms with E-state index in [0.29, 0.717) is 0 Å². The number of nitrogens with one attached hydrogen (secondary N) is 1. The van der Waals surface area contributed by atoms with Gasteiger partial charge in [-0.25, -0.2) is 4.99 Å². The van der Waals surface area contributed by atoms with Gasteiger partial charge in [0.2, 0.25) is 0 Å². The zero-order valence-electron chi connectivity index (χ0n) is 10.1. The molecule has 2 aromatic rings. The van der Waals surface area contributed by atoms with Crippen molar-refractivity contribution in [3.63, 3.8) is 0 Å². The first-order valence-corrected chi connectivity index (χ1v) is 5.66. The maximum Gasteiger partial charge on any atom is 0.0930 e. The van der Waals surface area contributed by atoms with Crippen LogP contribution in [-0.4, -0.2) is 6.34 Å². The summed E-state index contributed by atoms with van der Waals surface area (Å²) in [5.41, 5.74) is 4.50. The Morgan fingerprint density at radius 3 is 1.94 bits per heavy atom. The van der Waals surface area contributed by atoms with Crippen molar-refractivity contribution < 1.29 is 0 Å². The van der Waals surface area contributed by atoms with Crippen LogP contribution in [-0.2, 0) is 0 Å². The van der Waals surface area contributed by atoms with Gasteiger partial charge in [-0.05, 0) is 38.1 Å². The van der Waals surface area contributed by atoms with Crippen molar-refractivity contribution in [3.8, 4) is 0 Å². The zero-order valence-corrected chi connectivity index (χ0v) is 10.1. The molecule has 0 saturated carbocycles. The van der Waals surface area contributed by atoms with Crippen molar-refractivity contribution >= 4 is 17.7 Å². The normalized spacial score (nSPS) is 10.7. The minimum absolute atomic E-state index is 0.954. The van der Waals surface area contributed by atoms with E-state index in [4.69, 9.17) is 0 Å². The highest BCUT2D eigenvalue weighted by molar-refractivity contribution is 5.77. The largest absolute Gasteiger partial charge is 0.346 e. The molecule has 0 atom stereocenters. The summed E-state index contributed by atoms with van der Waals surface area (Å²) in [6.45, 7) is 4.14. The molecular weight excluding hydrogens is 208 g/mol. The Kier molecular flexibility index (Phi) is 3.55. The van der Waals surface area contributed by atoms with Crippen LogP contribution in [0.2, 0.25) is 0 Å². The van der Waals surface area contributed by atoms with Gasteiger partial charge >= 0.3 is 0 Å². The standard InChI is InChI=1S/C15H16N2/c1-12-3-7-14(8-4-12)16-11-17-15-9-5-13(2)6-10-15/h3-11H,1-2H3,(H,16,17). The fourth-order valence-corrected chi connectivity index (χ4v) is 1.46. The lowest BCUT2D eigenvalue weighted by Gasteiger charge is -2.00. The summed E-state index contributed by atoms with van der Waals surface area (Å²) in [7, 11) is 0. The van der Waals surface area contributed by atoms with Crippen LogP contribution < -0.4 is 5.32 Å². The van der Waals surface area contributed by atoms with E-state index in [1.165, 1.54) is 11.1 Å². The van der Waals surface area contributed by atoms with Crippen LogP contribution in [0.25, 0.3) is 0 Å². The van der Waals surface area contributed by atoms with Gasteiger partial charge in [0.1, 0.15) is 0 Å². The Morgan fingerprint density at radius 1 is 0.824 bits per heavy atom.